The molecule has 0 aliphatic carbocycles. The van der Waals surface area contributed by atoms with Gasteiger partial charge in [0.25, 0.3) is 5.91 Å². The summed E-state index contributed by atoms with van der Waals surface area (Å²) < 4.78 is 11.4. The summed E-state index contributed by atoms with van der Waals surface area (Å²) in [5, 5.41) is 6.06. The Morgan fingerprint density at radius 1 is 1.26 bits per heavy atom. The molecular weight excluding hydrogens is 292 g/mol. The molecule has 0 bridgehead atoms. The van der Waals surface area contributed by atoms with Crippen molar-refractivity contribution in [2.24, 2.45) is 0 Å². The number of anilines is 1. The van der Waals surface area contributed by atoms with Gasteiger partial charge in [-0.3, -0.25) is 4.79 Å². The van der Waals surface area contributed by atoms with Gasteiger partial charge in [0.05, 0.1) is 12.3 Å². The lowest BCUT2D eigenvalue weighted by Crippen LogP contribution is -2.45. The molecule has 1 aliphatic heterocycles. The average Bonchev–Trinajstić information content (AvgIpc) is 2.59. The van der Waals surface area contributed by atoms with E-state index < -0.39 is 6.10 Å². The van der Waals surface area contributed by atoms with Crippen LogP contribution in [0.15, 0.2) is 48.5 Å². The molecule has 0 radical (unpaired) electrons. The number of carbonyl (C=O) groups is 1. The summed E-state index contributed by atoms with van der Waals surface area (Å²) in [7, 11) is 0. The van der Waals surface area contributed by atoms with Crippen LogP contribution < -0.4 is 15.4 Å². The minimum atomic E-state index is -0.478. The highest BCUT2D eigenvalue weighted by Gasteiger charge is 2.22. The molecule has 5 nitrogen and oxygen atoms in total. The maximum atomic E-state index is 12.4. The number of carbonyl (C=O) groups excluding carboxylic acids is 1. The van der Waals surface area contributed by atoms with Gasteiger partial charge in [-0.25, -0.2) is 0 Å². The molecule has 2 aromatic carbocycles. The fourth-order valence-electron chi connectivity index (χ4n) is 2.39. The molecular formula is C18H20N2O3. The first kappa shape index (κ1) is 15.5. The van der Waals surface area contributed by atoms with E-state index in [1.54, 1.807) is 0 Å². The number of rotatable bonds is 4. The van der Waals surface area contributed by atoms with Crippen LogP contribution >= 0.6 is 0 Å². The van der Waals surface area contributed by atoms with Crippen LogP contribution in [0.5, 0.6) is 11.5 Å². The second-order valence-electron chi connectivity index (χ2n) is 5.47. The predicted octanol–water partition coefficient (Wildman–Crippen LogP) is 2.71. The molecule has 1 heterocycles. The lowest BCUT2D eigenvalue weighted by atomic mass is 10.2. The van der Waals surface area contributed by atoms with Crippen molar-refractivity contribution in [3.63, 3.8) is 0 Å². The number of benzene rings is 2. The average molecular weight is 312 g/mol. The van der Waals surface area contributed by atoms with Gasteiger partial charge in [-0.15, -0.1) is 0 Å². The first-order valence-electron chi connectivity index (χ1n) is 7.69. The van der Waals surface area contributed by atoms with Crippen molar-refractivity contribution in [1.29, 1.82) is 0 Å². The molecule has 1 amide bonds. The van der Waals surface area contributed by atoms with Gasteiger partial charge in [-0.2, -0.15) is 0 Å². The number of amides is 1. The number of para-hydroxylation sites is 1. The van der Waals surface area contributed by atoms with Gasteiger partial charge in [0, 0.05) is 13.1 Å². The Bertz CT molecular complexity index is 667. The van der Waals surface area contributed by atoms with Crippen LogP contribution in [-0.4, -0.2) is 31.7 Å². The molecule has 5 heteroatoms. The van der Waals surface area contributed by atoms with Gasteiger partial charge in [-0.05, 0) is 36.8 Å². The van der Waals surface area contributed by atoms with Crippen molar-refractivity contribution in [1.82, 2.24) is 5.32 Å². The maximum Gasteiger partial charge on any atom is 0.254 e. The molecule has 1 aliphatic rings. The van der Waals surface area contributed by atoms with E-state index in [9.17, 15) is 4.79 Å². The molecule has 1 saturated heterocycles. The monoisotopic (exact) mass is 312 g/mol. The Kier molecular flexibility index (Phi) is 4.90. The van der Waals surface area contributed by atoms with E-state index in [1.807, 2.05) is 55.5 Å². The Labute approximate surface area is 135 Å². The third-order valence-corrected chi connectivity index (χ3v) is 3.58. The number of hydrogen-bond acceptors (Lipinski definition) is 4. The van der Waals surface area contributed by atoms with Gasteiger partial charge < -0.3 is 20.1 Å². The van der Waals surface area contributed by atoms with E-state index in [2.05, 4.69) is 10.6 Å². The number of nitrogens with one attached hydrogen (secondary N) is 2. The third-order valence-electron chi connectivity index (χ3n) is 3.58. The number of ether oxygens (including phenoxy) is 2. The van der Waals surface area contributed by atoms with Crippen molar-refractivity contribution in [3.05, 3.63) is 54.1 Å². The van der Waals surface area contributed by atoms with Gasteiger partial charge in [0.2, 0.25) is 0 Å². The first-order valence-corrected chi connectivity index (χ1v) is 7.69. The molecule has 2 N–H and O–H groups in total. The van der Waals surface area contributed by atoms with Crippen molar-refractivity contribution >= 4 is 11.6 Å². The van der Waals surface area contributed by atoms with Crippen LogP contribution in [0, 0.1) is 6.92 Å². The second-order valence-corrected chi connectivity index (χ2v) is 5.47. The van der Waals surface area contributed by atoms with Crippen LogP contribution in [-0.2, 0) is 9.53 Å². The Morgan fingerprint density at radius 3 is 2.83 bits per heavy atom. The molecule has 0 aromatic heterocycles. The molecule has 1 fully saturated rings. The lowest BCUT2D eigenvalue weighted by Gasteiger charge is -2.23. The summed E-state index contributed by atoms with van der Waals surface area (Å²) in [6.45, 7) is 3.81. The molecule has 23 heavy (non-hydrogen) atoms. The summed E-state index contributed by atoms with van der Waals surface area (Å²) >= 11 is 0. The standard InChI is InChI=1S/C18H20N2O3/c1-13-7-8-16(23-14-5-3-2-4-6-14)15(11-13)20-18(21)17-12-19-9-10-22-17/h2-8,11,17,19H,9-10,12H2,1H3,(H,20,21). The lowest BCUT2D eigenvalue weighted by molar-refractivity contribution is -0.128. The van der Waals surface area contributed by atoms with Gasteiger partial charge in [0.15, 0.2) is 5.75 Å². The van der Waals surface area contributed by atoms with Crippen LogP contribution in [0.25, 0.3) is 0 Å². The molecule has 120 valence electrons. The highest BCUT2D eigenvalue weighted by atomic mass is 16.5. The van der Waals surface area contributed by atoms with E-state index in [-0.39, 0.29) is 5.91 Å². The summed E-state index contributed by atoms with van der Waals surface area (Å²) in [5.41, 5.74) is 1.69. The van der Waals surface area contributed by atoms with Crippen molar-refractivity contribution in [3.8, 4) is 11.5 Å². The smallest absolute Gasteiger partial charge is 0.254 e. The van der Waals surface area contributed by atoms with E-state index in [0.717, 1.165) is 17.9 Å². The fraction of sp³-hybridized carbons (Fsp3) is 0.278. The Hall–Kier alpha value is -2.37. The first-order chi connectivity index (χ1) is 11.2. The third kappa shape index (κ3) is 4.09. The van der Waals surface area contributed by atoms with E-state index >= 15 is 0 Å². The molecule has 1 atom stereocenters. The zero-order valence-electron chi connectivity index (χ0n) is 13.0. The highest BCUT2D eigenvalue weighted by Crippen LogP contribution is 2.30. The largest absolute Gasteiger partial charge is 0.455 e. The van der Waals surface area contributed by atoms with Gasteiger partial charge >= 0.3 is 0 Å². The number of hydrogen-bond donors (Lipinski definition) is 2. The maximum absolute atomic E-state index is 12.4. The number of aryl methyl sites for hydroxylation is 1. The van der Waals surface area contributed by atoms with Gasteiger partial charge in [0.1, 0.15) is 11.9 Å². The van der Waals surface area contributed by atoms with E-state index in [4.69, 9.17) is 9.47 Å². The highest BCUT2D eigenvalue weighted by molar-refractivity contribution is 5.95. The minimum absolute atomic E-state index is 0.166. The zero-order chi connectivity index (χ0) is 16.1. The Balaban J connectivity index is 1.77. The summed E-state index contributed by atoms with van der Waals surface area (Å²) in [6, 6.07) is 15.2. The summed E-state index contributed by atoms with van der Waals surface area (Å²) in [5.74, 6) is 1.17. The Morgan fingerprint density at radius 2 is 2.09 bits per heavy atom. The predicted molar refractivity (Wildman–Crippen MR) is 88.9 cm³/mol. The van der Waals surface area contributed by atoms with Crippen LogP contribution in [0.3, 0.4) is 0 Å². The topological polar surface area (TPSA) is 59.6 Å². The van der Waals surface area contributed by atoms with Gasteiger partial charge in [-0.1, -0.05) is 24.3 Å². The molecule has 2 aromatic rings. The van der Waals surface area contributed by atoms with Crippen molar-refractivity contribution < 1.29 is 14.3 Å². The zero-order valence-corrected chi connectivity index (χ0v) is 13.0. The molecule has 0 spiro atoms. The SMILES string of the molecule is Cc1ccc(Oc2ccccc2)c(NC(=O)C2CNCCO2)c1. The molecule has 3 rings (SSSR count). The summed E-state index contributed by atoms with van der Waals surface area (Å²) in [6.07, 6.45) is -0.478. The summed E-state index contributed by atoms with van der Waals surface area (Å²) in [4.78, 5) is 12.4. The van der Waals surface area contributed by atoms with Crippen LogP contribution in [0.1, 0.15) is 5.56 Å². The normalized spacial score (nSPS) is 17.5. The molecule has 1 unspecified atom stereocenters. The fourth-order valence-corrected chi connectivity index (χ4v) is 2.39. The second kappa shape index (κ2) is 7.26. The van der Waals surface area contributed by atoms with E-state index in [0.29, 0.717) is 24.6 Å². The minimum Gasteiger partial charge on any atom is -0.455 e. The quantitative estimate of drug-likeness (QED) is 0.911. The van der Waals surface area contributed by atoms with Crippen molar-refractivity contribution in [2.75, 3.05) is 25.0 Å². The van der Waals surface area contributed by atoms with E-state index in [1.165, 1.54) is 0 Å². The van der Waals surface area contributed by atoms with Crippen LogP contribution in [0.2, 0.25) is 0 Å². The van der Waals surface area contributed by atoms with Crippen molar-refractivity contribution in [2.45, 2.75) is 13.0 Å². The van der Waals surface area contributed by atoms with Crippen LogP contribution in [0.4, 0.5) is 5.69 Å². The number of morpholine rings is 1. The molecule has 0 saturated carbocycles.